The van der Waals surface area contributed by atoms with E-state index < -0.39 is 71.0 Å². The SMILES string of the molecule is [N-]=[N+]=NC[C@]12O[C@@H](n3ccc(=O)[nH]c3=O)[C@H](F)[C@@]1(O)C2OP(=O)(O)OP(=O)(O)OP(=O)(O)O. The van der Waals surface area contributed by atoms with Crippen LogP contribution in [0.4, 0.5) is 4.39 Å². The van der Waals surface area contributed by atoms with E-state index in [1.807, 2.05) is 0 Å². The first kappa shape index (κ1) is 25.9. The Labute approximate surface area is 179 Å². The quantitative estimate of drug-likeness (QED) is 0.0941. The molecule has 1 aromatic heterocycles. The summed E-state index contributed by atoms with van der Waals surface area (Å²) >= 11 is 0. The first-order valence-electron chi connectivity index (χ1n) is 8.17. The molecule has 0 bridgehead atoms. The first-order chi connectivity index (χ1) is 15.0. The van der Waals surface area contributed by atoms with Crippen molar-refractivity contribution in [1.29, 1.82) is 0 Å². The van der Waals surface area contributed by atoms with Crippen molar-refractivity contribution >= 4 is 23.5 Å². The van der Waals surface area contributed by atoms with Gasteiger partial charge in [0.05, 0.1) is 6.54 Å². The molecule has 33 heavy (non-hydrogen) atoms. The Kier molecular flexibility index (Phi) is 6.41. The van der Waals surface area contributed by atoms with Crippen molar-refractivity contribution in [2.24, 2.45) is 5.11 Å². The summed E-state index contributed by atoms with van der Waals surface area (Å²) in [6.07, 6.45) is -5.99. The fourth-order valence-electron chi connectivity index (χ4n) is 3.31. The van der Waals surface area contributed by atoms with E-state index in [9.17, 15) is 38.2 Å². The molecule has 6 N–H and O–H groups in total. The zero-order valence-corrected chi connectivity index (χ0v) is 18.2. The number of nitrogens with zero attached hydrogens (tertiary/aromatic N) is 4. The molecule has 1 aromatic rings. The summed E-state index contributed by atoms with van der Waals surface area (Å²) in [6, 6.07) is 0.815. The molecule has 19 nitrogen and oxygen atoms in total. The molecule has 23 heteroatoms. The number of aliphatic hydroxyl groups is 1. The molecule has 0 spiro atoms. The highest BCUT2D eigenvalue weighted by molar-refractivity contribution is 7.66. The van der Waals surface area contributed by atoms with E-state index in [1.165, 1.54) is 0 Å². The van der Waals surface area contributed by atoms with Crippen molar-refractivity contribution in [2.75, 3.05) is 6.54 Å². The van der Waals surface area contributed by atoms with E-state index in [4.69, 9.17) is 20.1 Å². The van der Waals surface area contributed by atoms with Gasteiger partial charge in [-0.1, -0.05) is 5.11 Å². The minimum atomic E-state index is -5.92. The second kappa shape index (κ2) is 8.18. The number of fused-ring (bicyclic) bond motifs is 1. The lowest BCUT2D eigenvalue weighted by molar-refractivity contribution is -0.0887. The topological polar surface area (TPSA) is 293 Å². The Balaban J connectivity index is 1.89. The zero-order chi connectivity index (χ0) is 25.0. The van der Waals surface area contributed by atoms with E-state index in [2.05, 4.69) is 23.2 Å². The lowest BCUT2D eigenvalue weighted by Gasteiger charge is -2.24. The van der Waals surface area contributed by atoms with Gasteiger partial charge < -0.3 is 29.4 Å². The fourth-order valence-corrected chi connectivity index (χ4v) is 6.57. The number of H-pyrrole nitrogens is 1. The number of hydrogen-bond acceptors (Lipinski definition) is 11. The van der Waals surface area contributed by atoms with E-state index in [0.717, 1.165) is 12.3 Å². The second-order valence-corrected chi connectivity index (χ2v) is 11.0. The maximum absolute atomic E-state index is 15.1. The van der Waals surface area contributed by atoms with Crippen LogP contribution in [0.2, 0.25) is 0 Å². The average molecular weight is 539 g/mol. The van der Waals surface area contributed by atoms with Gasteiger partial charge in [-0.05, 0) is 5.53 Å². The van der Waals surface area contributed by atoms with Gasteiger partial charge in [-0.15, -0.1) is 0 Å². The van der Waals surface area contributed by atoms with Crippen LogP contribution in [-0.4, -0.2) is 64.3 Å². The Morgan fingerprint density at radius 2 is 1.88 bits per heavy atom. The van der Waals surface area contributed by atoms with Gasteiger partial charge in [0, 0.05) is 17.2 Å². The maximum atomic E-state index is 15.1. The lowest BCUT2D eigenvalue weighted by Crippen LogP contribution is -2.40. The van der Waals surface area contributed by atoms with Crippen LogP contribution in [0.1, 0.15) is 6.23 Å². The third-order valence-corrected chi connectivity index (χ3v) is 8.37. The summed E-state index contributed by atoms with van der Waals surface area (Å²) in [5, 5.41) is 13.8. The van der Waals surface area contributed by atoms with Crippen molar-refractivity contribution in [2.45, 2.75) is 29.7 Å². The summed E-state index contributed by atoms with van der Waals surface area (Å²) in [5.74, 6) is 0. The number of azide groups is 1. The van der Waals surface area contributed by atoms with E-state index >= 15 is 4.39 Å². The van der Waals surface area contributed by atoms with Gasteiger partial charge in [0.25, 0.3) is 5.56 Å². The molecule has 3 rings (SSSR count). The summed E-state index contributed by atoms with van der Waals surface area (Å²) in [6.45, 7) is -0.949. The van der Waals surface area contributed by atoms with Crippen molar-refractivity contribution in [3.05, 3.63) is 43.5 Å². The molecule has 7 atom stereocenters. The van der Waals surface area contributed by atoms with E-state index in [0.29, 0.717) is 4.57 Å². The van der Waals surface area contributed by atoms with Crippen LogP contribution >= 0.6 is 23.5 Å². The number of alkyl halides is 1. The summed E-state index contributed by atoms with van der Waals surface area (Å²) in [5.41, 5.74) is 1.22. The third-order valence-electron chi connectivity index (χ3n) is 4.57. The van der Waals surface area contributed by atoms with Gasteiger partial charge in [0.2, 0.25) is 0 Å². The van der Waals surface area contributed by atoms with Gasteiger partial charge in [-0.25, -0.2) is 22.9 Å². The number of halogens is 1. The summed E-state index contributed by atoms with van der Waals surface area (Å²) in [7, 11) is -17.4. The highest BCUT2D eigenvalue weighted by atomic mass is 31.3. The number of aromatic amines is 1. The molecule has 0 radical (unpaired) electrons. The molecule has 1 saturated heterocycles. The Morgan fingerprint density at radius 3 is 2.42 bits per heavy atom. The molecule has 0 aromatic carbocycles. The molecule has 0 amide bonds. The number of aromatic nitrogens is 2. The van der Waals surface area contributed by atoms with Gasteiger partial charge >= 0.3 is 29.2 Å². The molecule has 2 fully saturated rings. The maximum Gasteiger partial charge on any atom is 0.490 e. The Hall–Kier alpha value is -1.75. The van der Waals surface area contributed by atoms with Crippen LogP contribution in [0.5, 0.6) is 0 Å². The number of hydrogen-bond donors (Lipinski definition) is 6. The van der Waals surface area contributed by atoms with Crippen molar-refractivity contribution in [3.8, 4) is 0 Å². The van der Waals surface area contributed by atoms with Crippen LogP contribution in [0.15, 0.2) is 27.0 Å². The van der Waals surface area contributed by atoms with Gasteiger partial charge in [0.1, 0.15) is 11.7 Å². The molecule has 184 valence electrons. The van der Waals surface area contributed by atoms with Crippen LogP contribution in [0, 0.1) is 0 Å². The lowest BCUT2D eigenvalue weighted by atomic mass is 10.1. The smallest absolute Gasteiger partial charge is 0.381 e. The first-order valence-corrected chi connectivity index (χ1v) is 12.7. The van der Waals surface area contributed by atoms with Crippen LogP contribution < -0.4 is 11.2 Å². The Morgan fingerprint density at radius 1 is 1.24 bits per heavy atom. The van der Waals surface area contributed by atoms with Gasteiger partial charge in [0.15, 0.2) is 18.0 Å². The molecular weight excluding hydrogens is 526 g/mol. The predicted octanol–water partition coefficient (Wildman–Crippen LogP) is -1.09. The molecule has 1 saturated carbocycles. The highest BCUT2D eigenvalue weighted by Gasteiger charge is 2.90. The van der Waals surface area contributed by atoms with E-state index in [1.54, 1.807) is 4.98 Å². The zero-order valence-electron chi connectivity index (χ0n) is 15.5. The number of nitrogens with one attached hydrogen (secondary N) is 1. The number of phosphoric ester groups is 1. The fraction of sp³-hybridized carbons (Fsp3) is 0.600. The van der Waals surface area contributed by atoms with Crippen molar-refractivity contribution < 1.29 is 60.6 Å². The second-order valence-electron chi connectivity index (χ2n) is 6.61. The molecule has 2 aliphatic rings. The number of phosphoric acid groups is 3. The van der Waals surface area contributed by atoms with E-state index in [-0.39, 0.29) is 0 Å². The van der Waals surface area contributed by atoms with Crippen LogP contribution in [0.25, 0.3) is 10.4 Å². The Bertz CT molecular complexity index is 1270. The normalized spacial score (nSPS) is 34.5. The average Bonchev–Trinajstić information content (AvgIpc) is 3.00. The minimum absolute atomic E-state index is 0.510. The van der Waals surface area contributed by atoms with Crippen LogP contribution in [0.3, 0.4) is 0 Å². The van der Waals surface area contributed by atoms with Gasteiger partial charge in [-0.2, -0.15) is 8.62 Å². The molecule has 1 aliphatic heterocycles. The minimum Gasteiger partial charge on any atom is -0.381 e. The monoisotopic (exact) mass is 539 g/mol. The molecule has 2 heterocycles. The highest BCUT2D eigenvalue weighted by Crippen LogP contribution is 2.72. The molecule has 1 aliphatic carbocycles. The number of ether oxygens (including phenoxy) is 1. The molecular formula is C10H13FN5O14P3. The number of rotatable bonds is 9. The van der Waals surface area contributed by atoms with Gasteiger partial charge in [-0.3, -0.25) is 18.9 Å². The largest absolute Gasteiger partial charge is 0.490 e. The third kappa shape index (κ3) is 4.76. The van der Waals surface area contributed by atoms with Crippen LogP contribution in [-0.2, 0) is 31.6 Å². The standard InChI is InChI=1S/C10H13FN5O14P3/c11-5-6(16-2-1-4(17)14-8(16)18)27-9(3-13-15-12)7(10(5,9)19)28-32(23,24)30-33(25,26)29-31(20,21)22/h1-2,5-7,19H,3H2,(H,23,24)(H,25,26)(H,14,17,18)(H2,20,21,22)/t5-,6+,7?,9+,10+/m0/s1. The van der Waals surface area contributed by atoms with Crippen molar-refractivity contribution in [3.63, 3.8) is 0 Å². The molecule has 3 unspecified atom stereocenters. The predicted molar refractivity (Wildman–Crippen MR) is 96.8 cm³/mol. The van der Waals surface area contributed by atoms with Crippen molar-refractivity contribution in [1.82, 2.24) is 9.55 Å². The summed E-state index contributed by atoms with van der Waals surface area (Å²) < 4.78 is 66.6. The summed E-state index contributed by atoms with van der Waals surface area (Å²) in [4.78, 5) is 63.2.